The lowest BCUT2D eigenvalue weighted by Gasteiger charge is -2.29. The third-order valence-electron chi connectivity index (χ3n) is 3.53. The van der Waals surface area contributed by atoms with Crippen LogP contribution in [0.1, 0.15) is 46.0 Å². The lowest BCUT2D eigenvalue weighted by molar-refractivity contribution is 0.197. The van der Waals surface area contributed by atoms with Crippen molar-refractivity contribution in [3.63, 3.8) is 0 Å². The van der Waals surface area contributed by atoms with Gasteiger partial charge in [-0.1, -0.05) is 19.3 Å². The Morgan fingerprint density at radius 1 is 1.40 bits per heavy atom. The van der Waals surface area contributed by atoms with E-state index in [0.717, 1.165) is 6.54 Å². The zero-order valence-corrected chi connectivity index (χ0v) is 10.3. The fourth-order valence-corrected chi connectivity index (χ4v) is 2.20. The first kappa shape index (κ1) is 12.3. The standard InChI is InChI=1S/C12H24N2O/c1-4-14(3)12(15)13-10(2)11-8-6-5-7-9-11/h10-11H,4-9H2,1-3H3,(H,13,15). The van der Waals surface area contributed by atoms with E-state index in [4.69, 9.17) is 0 Å². The van der Waals surface area contributed by atoms with Gasteiger partial charge < -0.3 is 10.2 Å². The van der Waals surface area contributed by atoms with Crippen molar-refractivity contribution in [2.24, 2.45) is 5.92 Å². The average molecular weight is 212 g/mol. The van der Waals surface area contributed by atoms with Crippen LogP contribution in [-0.4, -0.2) is 30.6 Å². The summed E-state index contributed by atoms with van der Waals surface area (Å²) in [6.45, 7) is 4.89. The van der Waals surface area contributed by atoms with E-state index < -0.39 is 0 Å². The van der Waals surface area contributed by atoms with Gasteiger partial charge >= 0.3 is 6.03 Å². The first-order valence-electron chi connectivity index (χ1n) is 6.16. The van der Waals surface area contributed by atoms with Gasteiger partial charge in [-0.25, -0.2) is 4.79 Å². The summed E-state index contributed by atoms with van der Waals surface area (Å²) in [6.07, 6.45) is 6.57. The van der Waals surface area contributed by atoms with Crippen molar-refractivity contribution in [3.05, 3.63) is 0 Å². The van der Waals surface area contributed by atoms with Gasteiger partial charge in [-0.05, 0) is 32.6 Å². The minimum absolute atomic E-state index is 0.0653. The summed E-state index contributed by atoms with van der Waals surface area (Å²) in [4.78, 5) is 13.4. The van der Waals surface area contributed by atoms with Crippen LogP contribution in [-0.2, 0) is 0 Å². The van der Waals surface area contributed by atoms with Gasteiger partial charge in [0.2, 0.25) is 0 Å². The molecule has 1 N–H and O–H groups in total. The molecule has 1 saturated carbocycles. The number of carbonyl (C=O) groups is 1. The van der Waals surface area contributed by atoms with E-state index in [1.54, 1.807) is 4.90 Å². The summed E-state index contributed by atoms with van der Waals surface area (Å²) in [7, 11) is 1.84. The smallest absolute Gasteiger partial charge is 0.317 e. The third kappa shape index (κ3) is 3.73. The van der Waals surface area contributed by atoms with E-state index in [9.17, 15) is 4.79 Å². The summed E-state index contributed by atoms with van der Waals surface area (Å²) in [5.74, 6) is 0.688. The van der Waals surface area contributed by atoms with Crippen molar-refractivity contribution in [1.29, 1.82) is 0 Å². The molecule has 0 radical (unpaired) electrons. The quantitative estimate of drug-likeness (QED) is 0.766. The topological polar surface area (TPSA) is 32.3 Å². The monoisotopic (exact) mass is 212 g/mol. The summed E-state index contributed by atoms with van der Waals surface area (Å²) < 4.78 is 0. The first-order chi connectivity index (χ1) is 7.15. The fourth-order valence-electron chi connectivity index (χ4n) is 2.20. The number of nitrogens with zero attached hydrogens (tertiary/aromatic N) is 1. The number of hydrogen-bond acceptors (Lipinski definition) is 1. The molecule has 0 aliphatic heterocycles. The highest BCUT2D eigenvalue weighted by molar-refractivity contribution is 5.74. The molecular formula is C12H24N2O. The molecule has 2 amide bonds. The van der Waals surface area contributed by atoms with Crippen molar-refractivity contribution in [3.8, 4) is 0 Å². The second-order valence-corrected chi connectivity index (χ2v) is 4.65. The molecule has 0 aromatic heterocycles. The van der Waals surface area contributed by atoms with Gasteiger partial charge in [-0.15, -0.1) is 0 Å². The van der Waals surface area contributed by atoms with Gasteiger partial charge in [0, 0.05) is 19.6 Å². The van der Waals surface area contributed by atoms with Gasteiger partial charge in [0.1, 0.15) is 0 Å². The minimum atomic E-state index is 0.0653. The van der Waals surface area contributed by atoms with Crippen molar-refractivity contribution in [2.75, 3.05) is 13.6 Å². The van der Waals surface area contributed by atoms with E-state index in [1.165, 1.54) is 32.1 Å². The third-order valence-corrected chi connectivity index (χ3v) is 3.53. The van der Waals surface area contributed by atoms with Gasteiger partial charge in [-0.2, -0.15) is 0 Å². The molecule has 3 nitrogen and oxygen atoms in total. The number of hydrogen-bond donors (Lipinski definition) is 1. The predicted molar refractivity (Wildman–Crippen MR) is 62.9 cm³/mol. The van der Waals surface area contributed by atoms with Crippen LogP contribution in [0.3, 0.4) is 0 Å². The molecule has 0 bridgehead atoms. The largest absolute Gasteiger partial charge is 0.335 e. The van der Waals surface area contributed by atoms with Crippen molar-refractivity contribution >= 4 is 6.03 Å². The molecule has 0 aromatic rings. The van der Waals surface area contributed by atoms with Crippen LogP contribution >= 0.6 is 0 Å². The molecule has 1 aliphatic carbocycles. The Hall–Kier alpha value is -0.730. The predicted octanol–water partition coefficient (Wildman–Crippen LogP) is 2.62. The fraction of sp³-hybridized carbons (Fsp3) is 0.917. The highest BCUT2D eigenvalue weighted by atomic mass is 16.2. The van der Waals surface area contributed by atoms with Crippen molar-refractivity contribution in [2.45, 2.75) is 52.0 Å². The van der Waals surface area contributed by atoms with Crippen molar-refractivity contribution < 1.29 is 4.79 Å². The molecule has 0 heterocycles. The molecule has 0 saturated heterocycles. The molecule has 1 aliphatic rings. The van der Waals surface area contributed by atoms with E-state index in [-0.39, 0.29) is 6.03 Å². The van der Waals surface area contributed by atoms with Crippen LogP contribution in [0.5, 0.6) is 0 Å². The maximum atomic E-state index is 11.6. The van der Waals surface area contributed by atoms with Gasteiger partial charge in [-0.3, -0.25) is 0 Å². The van der Waals surface area contributed by atoms with Gasteiger partial charge in [0.05, 0.1) is 0 Å². The summed E-state index contributed by atoms with van der Waals surface area (Å²) >= 11 is 0. The number of amides is 2. The zero-order chi connectivity index (χ0) is 11.3. The second-order valence-electron chi connectivity index (χ2n) is 4.65. The number of nitrogens with one attached hydrogen (secondary N) is 1. The Labute approximate surface area is 93.2 Å². The molecule has 1 rings (SSSR count). The molecule has 1 atom stereocenters. The van der Waals surface area contributed by atoms with Gasteiger partial charge in [0.15, 0.2) is 0 Å². The number of urea groups is 1. The van der Waals surface area contributed by atoms with E-state index in [2.05, 4.69) is 12.2 Å². The second kappa shape index (κ2) is 5.99. The number of carbonyl (C=O) groups excluding carboxylic acids is 1. The Kier molecular flexibility index (Phi) is 4.92. The molecule has 15 heavy (non-hydrogen) atoms. The Balaban J connectivity index is 2.33. The van der Waals surface area contributed by atoms with E-state index in [0.29, 0.717) is 12.0 Å². The average Bonchev–Trinajstić information content (AvgIpc) is 2.29. The van der Waals surface area contributed by atoms with Crippen LogP contribution < -0.4 is 5.32 Å². The molecule has 0 spiro atoms. The van der Waals surface area contributed by atoms with Crippen molar-refractivity contribution in [1.82, 2.24) is 10.2 Å². The zero-order valence-electron chi connectivity index (χ0n) is 10.3. The van der Waals surface area contributed by atoms with Gasteiger partial charge in [0.25, 0.3) is 0 Å². The molecular weight excluding hydrogens is 188 g/mol. The summed E-state index contributed by atoms with van der Waals surface area (Å²) in [6, 6.07) is 0.391. The Morgan fingerprint density at radius 2 is 2.00 bits per heavy atom. The SMILES string of the molecule is CCN(C)C(=O)NC(C)C1CCCCC1. The summed E-state index contributed by atoms with van der Waals surface area (Å²) in [5, 5.41) is 3.09. The molecule has 1 fully saturated rings. The van der Waals surface area contributed by atoms with Crippen LogP contribution in [0.2, 0.25) is 0 Å². The summed E-state index contributed by atoms with van der Waals surface area (Å²) in [5.41, 5.74) is 0. The van der Waals surface area contributed by atoms with Crippen LogP contribution in [0.15, 0.2) is 0 Å². The Bertz CT molecular complexity index is 200. The molecule has 0 aromatic carbocycles. The van der Waals surface area contributed by atoms with E-state index >= 15 is 0 Å². The van der Waals surface area contributed by atoms with Crippen LogP contribution in [0, 0.1) is 5.92 Å². The number of rotatable bonds is 3. The molecule has 3 heteroatoms. The minimum Gasteiger partial charge on any atom is -0.335 e. The maximum Gasteiger partial charge on any atom is 0.317 e. The highest BCUT2D eigenvalue weighted by Crippen LogP contribution is 2.26. The Morgan fingerprint density at radius 3 is 2.53 bits per heavy atom. The molecule has 88 valence electrons. The lowest BCUT2D eigenvalue weighted by Crippen LogP contribution is -2.45. The normalized spacial score (nSPS) is 19.7. The first-order valence-corrected chi connectivity index (χ1v) is 6.16. The van der Waals surface area contributed by atoms with E-state index in [1.807, 2.05) is 14.0 Å². The maximum absolute atomic E-state index is 11.6. The highest BCUT2D eigenvalue weighted by Gasteiger charge is 2.21. The molecule has 1 unspecified atom stereocenters. The lowest BCUT2D eigenvalue weighted by atomic mass is 9.85. The van der Waals surface area contributed by atoms with Crippen LogP contribution in [0.25, 0.3) is 0 Å². The van der Waals surface area contributed by atoms with Crippen LogP contribution in [0.4, 0.5) is 4.79 Å².